The number of hydrogen-bond acceptors (Lipinski definition) is 2. The summed E-state index contributed by atoms with van der Waals surface area (Å²) in [6.07, 6.45) is 2.05. The molecule has 0 aromatic heterocycles. The molecule has 0 aliphatic heterocycles. The number of Topliss-reactive ketones (excluding diaryl/α,β-unsaturated/α-hetero) is 2. The van der Waals surface area contributed by atoms with E-state index in [1.54, 1.807) is 0 Å². The molecule has 3 atom stereocenters. The van der Waals surface area contributed by atoms with Crippen LogP contribution in [0.15, 0.2) is 18.2 Å². The van der Waals surface area contributed by atoms with Gasteiger partial charge in [0.2, 0.25) is 0 Å². The summed E-state index contributed by atoms with van der Waals surface area (Å²) in [5.41, 5.74) is 3.28. The van der Waals surface area contributed by atoms with Crippen LogP contribution in [0.3, 0.4) is 0 Å². The third-order valence-corrected chi connectivity index (χ3v) is 5.85. The normalized spacial score (nSPS) is 32.0. The van der Waals surface area contributed by atoms with Crippen LogP contribution in [0.5, 0.6) is 0 Å². The number of fused-ring (bicyclic) bond motifs is 3. The standard InChI is InChI=1S/C19H24O2/c1-11(2)13-5-6-15-14(9-13)18(21)10-16-12(3)17(20)7-8-19(15,16)4/h5-6,9,11-12,16H,7-8,10H2,1-4H3/t12?,16?,19-/m1/s1. The van der Waals surface area contributed by atoms with Gasteiger partial charge in [-0.05, 0) is 40.9 Å². The molecule has 1 aromatic rings. The second-order valence-corrected chi connectivity index (χ2v) is 7.37. The zero-order valence-electron chi connectivity index (χ0n) is 13.4. The molecule has 1 aromatic carbocycles. The minimum atomic E-state index is -0.0217. The Hall–Kier alpha value is -1.44. The lowest BCUT2D eigenvalue weighted by Gasteiger charge is -2.48. The molecule has 2 aliphatic carbocycles. The van der Waals surface area contributed by atoms with Crippen LogP contribution in [0.1, 0.15) is 74.4 Å². The zero-order chi connectivity index (χ0) is 15.4. The quantitative estimate of drug-likeness (QED) is 0.771. The molecule has 0 radical (unpaired) electrons. The van der Waals surface area contributed by atoms with Gasteiger partial charge in [-0.1, -0.05) is 39.8 Å². The van der Waals surface area contributed by atoms with Crippen molar-refractivity contribution in [1.82, 2.24) is 0 Å². The second-order valence-electron chi connectivity index (χ2n) is 7.37. The summed E-state index contributed by atoms with van der Waals surface area (Å²) in [7, 11) is 0. The van der Waals surface area contributed by atoms with Crippen LogP contribution in [0, 0.1) is 11.8 Å². The summed E-state index contributed by atoms with van der Waals surface area (Å²) in [4.78, 5) is 24.6. The van der Waals surface area contributed by atoms with Gasteiger partial charge in [0.1, 0.15) is 5.78 Å². The van der Waals surface area contributed by atoms with Gasteiger partial charge in [-0.2, -0.15) is 0 Å². The average Bonchev–Trinajstić information content (AvgIpc) is 2.46. The van der Waals surface area contributed by atoms with E-state index in [1.807, 2.05) is 6.92 Å². The zero-order valence-corrected chi connectivity index (χ0v) is 13.4. The number of carbonyl (C=O) groups excluding carboxylic acids is 2. The fraction of sp³-hybridized carbons (Fsp3) is 0.579. The smallest absolute Gasteiger partial charge is 0.163 e. The molecular weight excluding hydrogens is 260 g/mol. The van der Waals surface area contributed by atoms with Crippen LogP contribution in [0.25, 0.3) is 0 Å². The molecule has 0 saturated heterocycles. The summed E-state index contributed by atoms with van der Waals surface area (Å²) in [5.74, 6) is 1.15. The molecule has 112 valence electrons. The predicted molar refractivity (Wildman–Crippen MR) is 83.7 cm³/mol. The molecule has 0 amide bonds. The number of carbonyl (C=O) groups is 2. The van der Waals surface area contributed by atoms with E-state index in [0.29, 0.717) is 24.5 Å². The lowest BCUT2D eigenvalue weighted by atomic mass is 9.54. The van der Waals surface area contributed by atoms with Gasteiger partial charge in [0.25, 0.3) is 0 Å². The van der Waals surface area contributed by atoms with Crippen molar-refractivity contribution in [2.75, 3.05) is 0 Å². The number of benzene rings is 1. The van der Waals surface area contributed by atoms with Crippen molar-refractivity contribution in [1.29, 1.82) is 0 Å². The minimum absolute atomic E-state index is 0.00521. The first-order valence-electron chi connectivity index (χ1n) is 8.05. The highest BCUT2D eigenvalue weighted by atomic mass is 16.1. The van der Waals surface area contributed by atoms with Crippen molar-refractivity contribution in [3.8, 4) is 0 Å². The molecule has 0 bridgehead atoms. The number of hydrogen-bond donors (Lipinski definition) is 0. The highest BCUT2D eigenvalue weighted by molar-refractivity contribution is 6.00. The fourth-order valence-corrected chi connectivity index (χ4v) is 4.27. The number of rotatable bonds is 1. The molecule has 1 saturated carbocycles. The van der Waals surface area contributed by atoms with E-state index in [2.05, 4.69) is 39.0 Å². The van der Waals surface area contributed by atoms with Crippen LogP contribution < -0.4 is 0 Å². The summed E-state index contributed by atoms with van der Waals surface area (Å²) >= 11 is 0. The van der Waals surface area contributed by atoms with Gasteiger partial charge in [-0.25, -0.2) is 0 Å². The molecule has 3 rings (SSSR count). The summed E-state index contributed by atoms with van der Waals surface area (Å²) < 4.78 is 0. The minimum Gasteiger partial charge on any atom is -0.299 e. The Morgan fingerprint density at radius 1 is 1.24 bits per heavy atom. The van der Waals surface area contributed by atoms with Gasteiger partial charge in [0.05, 0.1) is 0 Å². The third-order valence-electron chi connectivity index (χ3n) is 5.85. The van der Waals surface area contributed by atoms with E-state index in [4.69, 9.17) is 0 Å². The van der Waals surface area contributed by atoms with Crippen LogP contribution >= 0.6 is 0 Å². The molecular formula is C19H24O2. The Morgan fingerprint density at radius 2 is 1.95 bits per heavy atom. The van der Waals surface area contributed by atoms with Gasteiger partial charge < -0.3 is 0 Å². The van der Waals surface area contributed by atoms with Crippen molar-refractivity contribution in [2.24, 2.45) is 11.8 Å². The van der Waals surface area contributed by atoms with Crippen molar-refractivity contribution in [3.05, 3.63) is 34.9 Å². The van der Waals surface area contributed by atoms with Crippen molar-refractivity contribution in [2.45, 2.75) is 58.3 Å². The first-order valence-corrected chi connectivity index (χ1v) is 8.05. The van der Waals surface area contributed by atoms with Gasteiger partial charge in [-0.15, -0.1) is 0 Å². The topological polar surface area (TPSA) is 34.1 Å². The Labute approximate surface area is 126 Å². The Morgan fingerprint density at radius 3 is 2.62 bits per heavy atom. The maximum atomic E-state index is 12.6. The monoisotopic (exact) mass is 284 g/mol. The summed E-state index contributed by atoms with van der Waals surface area (Å²) in [6.45, 7) is 8.56. The van der Waals surface area contributed by atoms with Crippen LogP contribution in [0.2, 0.25) is 0 Å². The first kappa shape index (κ1) is 14.5. The lowest BCUT2D eigenvalue weighted by Crippen LogP contribution is -2.48. The highest BCUT2D eigenvalue weighted by Crippen LogP contribution is 2.51. The Balaban J connectivity index is 2.13. The molecule has 2 heteroatoms. The van der Waals surface area contributed by atoms with Crippen LogP contribution in [-0.2, 0) is 10.2 Å². The first-order chi connectivity index (χ1) is 9.84. The van der Waals surface area contributed by atoms with Crippen molar-refractivity contribution >= 4 is 11.6 Å². The molecule has 21 heavy (non-hydrogen) atoms. The van der Waals surface area contributed by atoms with E-state index < -0.39 is 0 Å². The average molecular weight is 284 g/mol. The Kier molecular flexibility index (Phi) is 3.31. The van der Waals surface area contributed by atoms with Crippen molar-refractivity contribution < 1.29 is 9.59 Å². The SMILES string of the molecule is CC(C)c1ccc2c(c1)C(=O)CC1C(C)C(=O)CC[C@]21C. The number of ketones is 2. The van der Waals surface area contributed by atoms with Gasteiger partial charge >= 0.3 is 0 Å². The van der Waals surface area contributed by atoms with E-state index in [-0.39, 0.29) is 23.0 Å². The predicted octanol–water partition coefficient (Wildman–Crippen LogP) is 4.27. The van der Waals surface area contributed by atoms with E-state index >= 15 is 0 Å². The van der Waals surface area contributed by atoms with Gasteiger partial charge in [0, 0.05) is 24.3 Å². The summed E-state index contributed by atoms with van der Waals surface area (Å²) in [5, 5.41) is 0. The molecule has 1 fully saturated rings. The molecule has 0 heterocycles. The van der Waals surface area contributed by atoms with E-state index in [0.717, 1.165) is 12.0 Å². The lowest BCUT2D eigenvalue weighted by molar-refractivity contribution is -0.128. The van der Waals surface area contributed by atoms with Crippen molar-refractivity contribution in [3.63, 3.8) is 0 Å². The molecule has 0 spiro atoms. The molecule has 2 unspecified atom stereocenters. The molecule has 2 aliphatic rings. The van der Waals surface area contributed by atoms with Crippen LogP contribution in [0.4, 0.5) is 0 Å². The Bertz CT molecular complexity index is 614. The largest absolute Gasteiger partial charge is 0.299 e. The van der Waals surface area contributed by atoms with Gasteiger partial charge in [-0.3, -0.25) is 9.59 Å². The maximum Gasteiger partial charge on any atom is 0.163 e. The third kappa shape index (κ3) is 2.07. The maximum absolute atomic E-state index is 12.6. The molecule has 0 N–H and O–H groups in total. The van der Waals surface area contributed by atoms with Gasteiger partial charge in [0.15, 0.2) is 5.78 Å². The highest BCUT2D eigenvalue weighted by Gasteiger charge is 2.49. The second kappa shape index (κ2) is 4.79. The van der Waals surface area contributed by atoms with E-state index in [9.17, 15) is 9.59 Å². The molecule has 2 nitrogen and oxygen atoms in total. The summed E-state index contributed by atoms with van der Waals surface area (Å²) in [6, 6.07) is 6.40. The fourth-order valence-electron chi connectivity index (χ4n) is 4.27. The van der Waals surface area contributed by atoms with E-state index in [1.165, 1.54) is 11.1 Å². The van der Waals surface area contributed by atoms with Crippen LogP contribution in [-0.4, -0.2) is 11.6 Å².